The van der Waals surface area contributed by atoms with Gasteiger partial charge in [-0.2, -0.15) is 0 Å². The van der Waals surface area contributed by atoms with Crippen LogP contribution < -0.4 is 14.4 Å². The van der Waals surface area contributed by atoms with Crippen LogP contribution >= 0.6 is 12.6 Å². The minimum Gasteiger partial charge on any atom is -0.493 e. The van der Waals surface area contributed by atoms with Crippen LogP contribution in [0, 0.1) is 0 Å². The van der Waals surface area contributed by atoms with Crippen molar-refractivity contribution in [3.8, 4) is 11.5 Å². The lowest BCUT2D eigenvalue weighted by Gasteiger charge is -2.32. The zero-order chi connectivity index (χ0) is 18.6. The number of hydrogen-bond donors (Lipinski definition) is 1. The maximum absolute atomic E-state index is 12.3. The summed E-state index contributed by atoms with van der Waals surface area (Å²) in [4.78, 5) is 26.3. The highest BCUT2D eigenvalue weighted by molar-refractivity contribution is 7.80. The van der Waals surface area contributed by atoms with Crippen molar-refractivity contribution in [3.05, 3.63) is 23.4 Å². The molecule has 1 heterocycles. The third-order valence-corrected chi connectivity index (χ3v) is 3.96. The second kappa shape index (κ2) is 8.13. The van der Waals surface area contributed by atoms with E-state index in [2.05, 4.69) is 12.6 Å². The van der Waals surface area contributed by atoms with Crippen molar-refractivity contribution in [1.82, 2.24) is 0 Å². The predicted molar refractivity (Wildman–Crippen MR) is 91.2 cm³/mol. The van der Waals surface area contributed by atoms with Crippen LogP contribution in [-0.2, 0) is 23.8 Å². The topological polar surface area (TPSA) is 83.5 Å². The van der Waals surface area contributed by atoms with Gasteiger partial charge in [-0.05, 0) is 6.07 Å². The van der Waals surface area contributed by atoms with E-state index >= 15 is 0 Å². The number of rotatable bonds is 5. The molecule has 2 rings (SSSR count). The monoisotopic (exact) mass is 369 g/mol. The standard InChI is InChI=1S/C16H19NO7S/c1-20-11-5-10(13(25)6-12(11)21-2)17-8-24-7-9(15(18)22-3)14(17)16(19)23-4/h5-6,25H,7-8H2,1-4H3. The average molecular weight is 369 g/mol. The van der Waals surface area contributed by atoms with Gasteiger partial charge in [0.2, 0.25) is 0 Å². The average Bonchev–Trinajstić information content (AvgIpc) is 2.65. The summed E-state index contributed by atoms with van der Waals surface area (Å²) in [6, 6.07) is 3.27. The van der Waals surface area contributed by atoms with Gasteiger partial charge in [0.15, 0.2) is 11.5 Å². The van der Waals surface area contributed by atoms with Gasteiger partial charge in [0, 0.05) is 11.0 Å². The zero-order valence-electron chi connectivity index (χ0n) is 14.3. The van der Waals surface area contributed by atoms with E-state index in [0.29, 0.717) is 22.1 Å². The van der Waals surface area contributed by atoms with Crippen LogP contribution in [0.25, 0.3) is 0 Å². The first-order valence-corrected chi connectivity index (χ1v) is 7.63. The molecule has 0 spiro atoms. The fourth-order valence-corrected chi connectivity index (χ4v) is 2.71. The molecule has 0 aliphatic carbocycles. The van der Waals surface area contributed by atoms with E-state index in [1.165, 1.54) is 33.3 Å². The molecule has 1 aromatic carbocycles. The maximum atomic E-state index is 12.3. The molecular formula is C16H19NO7S. The summed E-state index contributed by atoms with van der Waals surface area (Å²) in [6.45, 7) is -0.0449. The summed E-state index contributed by atoms with van der Waals surface area (Å²) in [6.07, 6.45) is 0. The molecular weight excluding hydrogens is 350 g/mol. The second-order valence-corrected chi connectivity index (χ2v) is 5.39. The zero-order valence-corrected chi connectivity index (χ0v) is 15.2. The highest BCUT2D eigenvalue weighted by Gasteiger charge is 2.33. The lowest BCUT2D eigenvalue weighted by Crippen LogP contribution is -2.39. The summed E-state index contributed by atoms with van der Waals surface area (Å²) in [5, 5.41) is 0. The molecule has 0 bridgehead atoms. The second-order valence-electron chi connectivity index (χ2n) is 4.91. The number of carbonyl (C=O) groups excluding carboxylic acids is 2. The van der Waals surface area contributed by atoms with Crippen molar-refractivity contribution in [2.75, 3.05) is 46.7 Å². The largest absolute Gasteiger partial charge is 0.493 e. The van der Waals surface area contributed by atoms with Gasteiger partial charge in [0.05, 0.1) is 46.3 Å². The molecule has 1 aromatic rings. The molecule has 0 aromatic heterocycles. The molecule has 25 heavy (non-hydrogen) atoms. The predicted octanol–water partition coefficient (Wildman–Crippen LogP) is 1.39. The van der Waals surface area contributed by atoms with Crippen LogP contribution in [0.15, 0.2) is 28.3 Å². The Morgan fingerprint density at radius 1 is 1.04 bits per heavy atom. The van der Waals surface area contributed by atoms with Gasteiger partial charge >= 0.3 is 11.9 Å². The first kappa shape index (κ1) is 18.9. The lowest BCUT2D eigenvalue weighted by molar-refractivity contribution is -0.140. The normalized spacial score (nSPS) is 14.2. The molecule has 0 amide bonds. The van der Waals surface area contributed by atoms with Crippen LogP contribution in [0.1, 0.15) is 0 Å². The first-order valence-electron chi connectivity index (χ1n) is 7.18. The van der Waals surface area contributed by atoms with Crippen LogP contribution in [0.4, 0.5) is 5.69 Å². The Bertz CT molecular complexity index is 717. The minimum absolute atomic E-state index is 0.0218. The number of benzene rings is 1. The Hall–Kier alpha value is -2.39. The summed E-state index contributed by atoms with van der Waals surface area (Å²) in [5.41, 5.74) is 0.578. The number of ether oxygens (including phenoxy) is 5. The lowest BCUT2D eigenvalue weighted by atomic mass is 10.1. The Labute approximate surface area is 150 Å². The number of thiol groups is 1. The van der Waals surface area contributed by atoms with Crippen molar-refractivity contribution in [2.45, 2.75) is 4.90 Å². The first-order chi connectivity index (χ1) is 12.0. The quantitative estimate of drug-likeness (QED) is 0.616. The van der Waals surface area contributed by atoms with E-state index in [-0.39, 0.29) is 24.6 Å². The van der Waals surface area contributed by atoms with Gasteiger partial charge in [0.1, 0.15) is 12.4 Å². The Morgan fingerprint density at radius 2 is 1.64 bits per heavy atom. The number of carbonyl (C=O) groups is 2. The van der Waals surface area contributed by atoms with Gasteiger partial charge < -0.3 is 28.6 Å². The van der Waals surface area contributed by atoms with Gasteiger partial charge in [-0.15, -0.1) is 12.6 Å². The fraction of sp³-hybridized carbons (Fsp3) is 0.375. The molecule has 0 fully saturated rings. The molecule has 136 valence electrons. The number of methoxy groups -OCH3 is 4. The number of nitrogens with zero attached hydrogens (tertiary/aromatic N) is 1. The molecule has 8 nitrogen and oxygen atoms in total. The molecule has 0 radical (unpaired) electrons. The summed E-state index contributed by atoms with van der Waals surface area (Å²) in [5.74, 6) is -0.451. The number of anilines is 1. The van der Waals surface area contributed by atoms with Crippen LogP contribution in [-0.4, -0.2) is 53.7 Å². The summed E-state index contributed by atoms with van der Waals surface area (Å²) < 4.78 is 25.5. The van der Waals surface area contributed by atoms with Gasteiger partial charge in [-0.25, -0.2) is 9.59 Å². The number of hydrogen-bond acceptors (Lipinski definition) is 9. The van der Waals surface area contributed by atoms with Crippen molar-refractivity contribution < 1.29 is 33.3 Å². The maximum Gasteiger partial charge on any atom is 0.355 e. The van der Waals surface area contributed by atoms with Crippen LogP contribution in [0.5, 0.6) is 11.5 Å². The summed E-state index contributed by atoms with van der Waals surface area (Å²) >= 11 is 4.44. The summed E-state index contributed by atoms with van der Waals surface area (Å²) in [7, 11) is 5.45. The number of esters is 2. The van der Waals surface area contributed by atoms with Crippen molar-refractivity contribution in [3.63, 3.8) is 0 Å². The third-order valence-electron chi connectivity index (χ3n) is 3.60. The molecule has 0 N–H and O–H groups in total. The van der Waals surface area contributed by atoms with E-state index in [1.54, 1.807) is 12.1 Å². The minimum atomic E-state index is -0.689. The SMILES string of the molecule is COC(=O)C1=C(C(=O)OC)N(c2cc(OC)c(OC)cc2S)COC1. The molecule has 0 atom stereocenters. The van der Waals surface area contributed by atoms with E-state index in [4.69, 9.17) is 23.7 Å². The Balaban J connectivity index is 2.63. The van der Waals surface area contributed by atoms with E-state index in [1.807, 2.05) is 0 Å². The highest BCUT2D eigenvalue weighted by Crippen LogP contribution is 2.39. The Morgan fingerprint density at radius 3 is 2.20 bits per heavy atom. The van der Waals surface area contributed by atoms with Gasteiger partial charge in [-0.1, -0.05) is 0 Å². The van der Waals surface area contributed by atoms with E-state index in [9.17, 15) is 9.59 Å². The molecule has 0 saturated carbocycles. The molecule has 0 saturated heterocycles. The van der Waals surface area contributed by atoms with Crippen LogP contribution in [0.3, 0.4) is 0 Å². The Kier molecular flexibility index (Phi) is 6.16. The smallest absolute Gasteiger partial charge is 0.355 e. The molecule has 1 aliphatic rings. The van der Waals surface area contributed by atoms with Crippen molar-refractivity contribution >= 4 is 30.3 Å². The van der Waals surface area contributed by atoms with E-state index in [0.717, 1.165) is 0 Å². The fourth-order valence-electron chi connectivity index (χ4n) is 2.41. The van der Waals surface area contributed by atoms with Gasteiger partial charge in [0.25, 0.3) is 0 Å². The highest BCUT2D eigenvalue weighted by atomic mass is 32.1. The van der Waals surface area contributed by atoms with E-state index < -0.39 is 11.9 Å². The molecule has 0 unspecified atom stereocenters. The third kappa shape index (κ3) is 3.67. The van der Waals surface area contributed by atoms with Crippen molar-refractivity contribution in [1.29, 1.82) is 0 Å². The van der Waals surface area contributed by atoms with Crippen molar-refractivity contribution in [2.24, 2.45) is 0 Å². The molecule has 1 aliphatic heterocycles. The van der Waals surface area contributed by atoms with Crippen LogP contribution in [0.2, 0.25) is 0 Å². The molecule has 9 heteroatoms. The van der Waals surface area contributed by atoms with Gasteiger partial charge in [-0.3, -0.25) is 0 Å².